The largest absolute Gasteiger partial charge is 0.481 e. The Morgan fingerprint density at radius 1 is 1.16 bits per heavy atom. The monoisotopic (exact) mass is 391 g/mol. The molecule has 0 spiro atoms. The molecule has 0 radical (unpaired) electrons. The maximum absolute atomic E-state index is 12.8. The van der Waals surface area contributed by atoms with Crippen LogP contribution in [0.5, 0.6) is 5.75 Å². The smallest absolute Gasteiger partial charge is 0.416 e. The maximum Gasteiger partial charge on any atom is 0.416 e. The third kappa shape index (κ3) is 5.28. The molecule has 0 fully saturated rings. The first-order valence-electron chi connectivity index (χ1n) is 7.30. The highest BCUT2D eigenvalue weighted by molar-refractivity contribution is 6.33. The lowest BCUT2D eigenvalue weighted by atomic mass is 10.1. The Morgan fingerprint density at radius 3 is 2.36 bits per heavy atom. The summed E-state index contributed by atoms with van der Waals surface area (Å²) in [5.74, 6) is -0.180. The van der Waals surface area contributed by atoms with Gasteiger partial charge in [-0.3, -0.25) is 4.79 Å². The number of benzene rings is 2. The van der Waals surface area contributed by atoms with Crippen LogP contribution >= 0.6 is 23.2 Å². The first-order chi connectivity index (χ1) is 11.7. The molecule has 25 heavy (non-hydrogen) atoms. The SMILES string of the molecule is CC[C@H](Oc1ccc(Cl)cc1)C(=O)Nc1cc(C(F)(F)F)ccc1Cl. The summed E-state index contributed by atoms with van der Waals surface area (Å²) in [4.78, 5) is 12.3. The van der Waals surface area contributed by atoms with Gasteiger partial charge in [-0.05, 0) is 48.9 Å². The summed E-state index contributed by atoms with van der Waals surface area (Å²) >= 11 is 11.7. The average molecular weight is 392 g/mol. The Hall–Kier alpha value is -1.92. The van der Waals surface area contributed by atoms with Crippen LogP contribution in [0, 0.1) is 0 Å². The van der Waals surface area contributed by atoms with Gasteiger partial charge in [-0.15, -0.1) is 0 Å². The van der Waals surface area contributed by atoms with Crippen molar-refractivity contribution < 1.29 is 22.7 Å². The van der Waals surface area contributed by atoms with E-state index in [9.17, 15) is 18.0 Å². The third-order valence-corrected chi connectivity index (χ3v) is 3.89. The number of hydrogen-bond donors (Lipinski definition) is 1. The first-order valence-corrected chi connectivity index (χ1v) is 8.06. The van der Waals surface area contributed by atoms with E-state index in [0.717, 1.165) is 18.2 Å². The van der Waals surface area contributed by atoms with E-state index < -0.39 is 23.8 Å². The number of rotatable bonds is 5. The molecule has 0 saturated heterocycles. The Balaban J connectivity index is 2.15. The molecule has 0 aliphatic carbocycles. The number of carbonyl (C=O) groups is 1. The minimum Gasteiger partial charge on any atom is -0.481 e. The number of amides is 1. The average Bonchev–Trinajstić information content (AvgIpc) is 2.55. The van der Waals surface area contributed by atoms with Crippen molar-refractivity contribution in [1.29, 1.82) is 0 Å². The minimum atomic E-state index is -4.53. The second kappa shape index (κ2) is 7.97. The van der Waals surface area contributed by atoms with Gasteiger partial charge in [0.15, 0.2) is 6.10 Å². The molecule has 0 heterocycles. The molecule has 0 saturated carbocycles. The van der Waals surface area contributed by atoms with E-state index in [4.69, 9.17) is 27.9 Å². The maximum atomic E-state index is 12.8. The molecule has 2 rings (SSSR count). The van der Waals surface area contributed by atoms with E-state index in [1.807, 2.05) is 0 Å². The molecule has 1 atom stereocenters. The summed E-state index contributed by atoms with van der Waals surface area (Å²) in [5.41, 5.74) is -1.03. The number of anilines is 1. The van der Waals surface area contributed by atoms with E-state index in [1.54, 1.807) is 31.2 Å². The van der Waals surface area contributed by atoms with Gasteiger partial charge in [0.25, 0.3) is 5.91 Å². The molecule has 2 aromatic rings. The molecule has 8 heteroatoms. The second-order valence-corrected chi connectivity index (χ2v) is 5.99. The van der Waals surface area contributed by atoms with E-state index in [2.05, 4.69) is 5.32 Å². The number of hydrogen-bond acceptors (Lipinski definition) is 2. The number of nitrogens with one attached hydrogen (secondary N) is 1. The van der Waals surface area contributed by atoms with Gasteiger partial charge in [-0.2, -0.15) is 13.2 Å². The van der Waals surface area contributed by atoms with Crippen LogP contribution in [-0.2, 0) is 11.0 Å². The van der Waals surface area contributed by atoms with Gasteiger partial charge in [0.2, 0.25) is 0 Å². The molecule has 1 amide bonds. The van der Waals surface area contributed by atoms with Crippen LogP contribution in [0.15, 0.2) is 42.5 Å². The van der Waals surface area contributed by atoms with Crippen molar-refractivity contribution in [2.75, 3.05) is 5.32 Å². The molecule has 0 aromatic heterocycles. The van der Waals surface area contributed by atoms with Gasteiger partial charge in [-0.25, -0.2) is 0 Å². The molecular formula is C17H14Cl2F3NO2. The lowest BCUT2D eigenvalue weighted by Gasteiger charge is -2.18. The standard InChI is InChI=1S/C17H14Cl2F3NO2/c1-2-15(25-12-6-4-11(18)5-7-12)16(24)23-14-9-10(17(20,21)22)3-8-13(14)19/h3-9,15H,2H2,1H3,(H,23,24)/t15-/m0/s1. The van der Waals surface area contributed by atoms with E-state index in [0.29, 0.717) is 17.2 Å². The molecule has 3 nitrogen and oxygen atoms in total. The Kier molecular flexibility index (Phi) is 6.19. The zero-order valence-electron chi connectivity index (χ0n) is 13.0. The zero-order chi connectivity index (χ0) is 18.6. The topological polar surface area (TPSA) is 38.3 Å². The fraction of sp³-hybridized carbons (Fsp3) is 0.235. The highest BCUT2D eigenvalue weighted by Crippen LogP contribution is 2.34. The summed E-state index contributed by atoms with van der Waals surface area (Å²) < 4.78 is 43.9. The van der Waals surface area contributed by atoms with Gasteiger partial charge < -0.3 is 10.1 Å². The molecule has 1 N–H and O–H groups in total. The summed E-state index contributed by atoms with van der Waals surface area (Å²) in [5, 5.41) is 2.90. The first kappa shape index (κ1) is 19.4. The normalized spacial score (nSPS) is 12.6. The predicted molar refractivity (Wildman–Crippen MR) is 91.2 cm³/mol. The lowest BCUT2D eigenvalue weighted by Crippen LogP contribution is -2.32. The van der Waals surface area contributed by atoms with Crippen molar-refractivity contribution in [2.24, 2.45) is 0 Å². The van der Waals surface area contributed by atoms with Crippen LogP contribution in [0.4, 0.5) is 18.9 Å². The van der Waals surface area contributed by atoms with Crippen molar-refractivity contribution >= 4 is 34.8 Å². The molecule has 0 unspecified atom stereocenters. The van der Waals surface area contributed by atoms with Crippen molar-refractivity contribution in [3.05, 3.63) is 58.1 Å². The van der Waals surface area contributed by atoms with Crippen molar-refractivity contribution in [2.45, 2.75) is 25.6 Å². The molecule has 134 valence electrons. The molecular weight excluding hydrogens is 378 g/mol. The van der Waals surface area contributed by atoms with Crippen molar-refractivity contribution in [3.8, 4) is 5.75 Å². The number of alkyl halides is 3. The highest BCUT2D eigenvalue weighted by Gasteiger charge is 2.31. The van der Waals surface area contributed by atoms with Crippen LogP contribution in [0.3, 0.4) is 0 Å². The lowest BCUT2D eigenvalue weighted by molar-refractivity contribution is -0.137. The molecule has 0 bridgehead atoms. The van der Waals surface area contributed by atoms with Crippen molar-refractivity contribution in [1.82, 2.24) is 0 Å². The second-order valence-electron chi connectivity index (χ2n) is 5.15. The van der Waals surface area contributed by atoms with Crippen LogP contribution in [0.2, 0.25) is 10.0 Å². The van der Waals surface area contributed by atoms with E-state index >= 15 is 0 Å². The van der Waals surface area contributed by atoms with Gasteiger partial charge in [0.05, 0.1) is 16.3 Å². The number of halogens is 5. The highest BCUT2D eigenvalue weighted by atomic mass is 35.5. The summed E-state index contributed by atoms with van der Waals surface area (Å²) in [6.45, 7) is 1.72. The van der Waals surface area contributed by atoms with E-state index in [-0.39, 0.29) is 10.7 Å². The predicted octanol–water partition coefficient (Wildman–Crippen LogP) is 5.81. The zero-order valence-corrected chi connectivity index (χ0v) is 14.5. The minimum absolute atomic E-state index is 0.00250. The van der Waals surface area contributed by atoms with Gasteiger partial charge in [-0.1, -0.05) is 30.1 Å². The Bertz CT molecular complexity index is 749. The van der Waals surface area contributed by atoms with Crippen LogP contribution in [0.25, 0.3) is 0 Å². The molecule has 2 aromatic carbocycles. The molecule has 0 aliphatic rings. The van der Waals surface area contributed by atoms with Gasteiger partial charge in [0, 0.05) is 5.02 Å². The summed E-state index contributed by atoms with van der Waals surface area (Å²) in [6.07, 6.45) is -5.12. The third-order valence-electron chi connectivity index (χ3n) is 3.31. The van der Waals surface area contributed by atoms with Crippen LogP contribution in [0.1, 0.15) is 18.9 Å². The van der Waals surface area contributed by atoms with Crippen LogP contribution < -0.4 is 10.1 Å². The summed E-state index contributed by atoms with van der Waals surface area (Å²) in [6, 6.07) is 9.11. The summed E-state index contributed by atoms with van der Waals surface area (Å²) in [7, 11) is 0. The Morgan fingerprint density at radius 2 is 1.80 bits per heavy atom. The Labute approximate surface area is 152 Å². The number of ether oxygens (including phenoxy) is 1. The fourth-order valence-electron chi connectivity index (χ4n) is 2.01. The van der Waals surface area contributed by atoms with Gasteiger partial charge >= 0.3 is 6.18 Å². The molecule has 0 aliphatic heterocycles. The van der Waals surface area contributed by atoms with Gasteiger partial charge in [0.1, 0.15) is 5.75 Å². The number of carbonyl (C=O) groups excluding carboxylic acids is 1. The quantitative estimate of drug-likeness (QED) is 0.698. The van der Waals surface area contributed by atoms with E-state index in [1.165, 1.54) is 0 Å². The fourth-order valence-corrected chi connectivity index (χ4v) is 2.30. The van der Waals surface area contributed by atoms with Crippen molar-refractivity contribution in [3.63, 3.8) is 0 Å². The van der Waals surface area contributed by atoms with Crippen LogP contribution in [-0.4, -0.2) is 12.0 Å².